The van der Waals surface area contributed by atoms with E-state index in [4.69, 9.17) is 14.5 Å². The predicted octanol–water partition coefficient (Wildman–Crippen LogP) is 3.68. The number of likely N-dealkylation sites (N-methyl/N-ethyl adjacent to an activating group) is 1. The molecule has 0 fully saturated rings. The van der Waals surface area contributed by atoms with Crippen molar-refractivity contribution in [3.63, 3.8) is 0 Å². The molecule has 0 radical (unpaired) electrons. The van der Waals surface area contributed by atoms with Gasteiger partial charge in [0.05, 0.1) is 25.4 Å². The molecule has 1 aliphatic carbocycles. The number of ether oxygens (including phenoxy) is 2. The quantitative estimate of drug-likeness (QED) is 0.356. The van der Waals surface area contributed by atoms with Gasteiger partial charge < -0.3 is 14.4 Å². The van der Waals surface area contributed by atoms with Crippen molar-refractivity contribution in [3.8, 4) is 11.5 Å². The molecule has 2 aromatic heterocycles. The molecule has 1 amide bonds. The number of nitrogens with zero attached hydrogens (tertiary/aromatic N) is 3. The Kier molecular flexibility index (Phi) is 7.29. The summed E-state index contributed by atoms with van der Waals surface area (Å²) in [6, 6.07) is 5.78. The van der Waals surface area contributed by atoms with Crippen LogP contribution >= 0.6 is 23.1 Å². The zero-order valence-electron chi connectivity index (χ0n) is 19.5. The van der Waals surface area contributed by atoms with Crippen LogP contribution in [0.25, 0.3) is 10.2 Å². The number of amides is 1. The Morgan fingerprint density at radius 1 is 1.21 bits per heavy atom. The molecule has 0 saturated heterocycles. The lowest BCUT2D eigenvalue weighted by atomic mass is 9.97. The fourth-order valence-electron chi connectivity index (χ4n) is 4.09. The minimum atomic E-state index is -0.00356. The van der Waals surface area contributed by atoms with Crippen LogP contribution in [0.3, 0.4) is 0 Å². The number of methoxy groups -OCH3 is 2. The van der Waals surface area contributed by atoms with E-state index in [0.717, 1.165) is 35.0 Å². The summed E-state index contributed by atoms with van der Waals surface area (Å²) in [4.78, 5) is 34.3. The first-order chi connectivity index (χ1) is 15.9. The summed E-state index contributed by atoms with van der Waals surface area (Å²) in [6.07, 6.45) is 5.00. The second-order valence-electron chi connectivity index (χ2n) is 8.19. The zero-order valence-corrected chi connectivity index (χ0v) is 21.1. The van der Waals surface area contributed by atoms with Gasteiger partial charge in [-0.3, -0.25) is 14.2 Å². The predicted molar refractivity (Wildman–Crippen MR) is 133 cm³/mol. The van der Waals surface area contributed by atoms with E-state index in [-0.39, 0.29) is 17.2 Å². The first-order valence-corrected chi connectivity index (χ1v) is 12.8. The summed E-state index contributed by atoms with van der Waals surface area (Å²) in [5, 5.41) is 1.37. The third kappa shape index (κ3) is 4.89. The maximum atomic E-state index is 13.0. The van der Waals surface area contributed by atoms with Crippen LogP contribution in [0.5, 0.6) is 11.5 Å². The van der Waals surface area contributed by atoms with Gasteiger partial charge in [0.1, 0.15) is 4.83 Å². The van der Waals surface area contributed by atoms with Crippen molar-refractivity contribution < 1.29 is 14.3 Å². The van der Waals surface area contributed by atoms with Gasteiger partial charge in [-0.05, 0) is 55.4 Å². The van der Waals surface area contributed by atoms with Crippen LogP contribution in [-0.4, -0.2) is 53.9 Å². The highest BCUT2D eigenvalue weighted by Crippen LogP contribution is 2.34. The van der Waals surface area contributed by atoms with Gasteiger partial charge >= 0.3 is 0 Å². The van der Waals surface area contributed by atoms with Crippen LogP contribution in [0.2, 0.25) is 0 Å². The van der Waals surface area contributed by atoms with Crippen molar-refractivity contribution in [1.29, 1.82) is 0 Å². The molecular weight excluding hydrogens is 458 g/mol. The van der Waals surface area contributed by atoms with Gasteiger partial charge in [-0.25, -0.2) is 4.98 Å². The lowest BCUT2D eigenvalue weighted by Crippen LogP contribution is -2.30. The van der Waals surface area contributed by atoms with E-state index in [0.29, 0.717) is 29.6 Å². The van der Waals surface area contributed by atoms with Gasteiger partial charge in [-0.2, -0.15) is 0 Å². The molecule has 0 spiro atoms. The number of carbonyl (C=O) groups excluding carboxylic acids is 1. The summed E-state index contributed by atoms with van der Waals surface area (Å²) < 4.78 is 12.2. The molecule has 0 aliphatic heterocycles. The summed E-state index contributed by atoms with van der Waals surface area (Å²) in [7, 11) is 6.76. The lowest BCUT2D eigenvalue weighted by molar-refractivity contribution is -0.127. The Bertz CT molecular complexity index is 1230. The number of aryl methyl sites for hydroxylation is 2. The highest BCUT2D eigenvalue weighted by Gasteiger charge is 2.22. The van der Waals surface area contributed by atoms with E-state index < -0.39 is 0 Å². The van der Waals surface area contributed by atoms with E-state index in [1.807, 2.05) is 18.2 Å². The third-order valence-corrected chi connectivity index (χ3v) is 8.29. The Labute approximate surface area is 201 Å². The van der Waals surface area contributed by atoms with Gasteiger partial charge in [-0.1, -0.05) is 17.8 Å². The second kappa shape index (κ2) is 10.2. The molecule has 33 heavy (non-hydrogen) atoms. The average molecular weight is 488 g/mol. The van der Waals surface area contributed by atoms with Crippen molar-refractivity contribution in [2.45, 2.75) is 37.3 Å². The summed E-state index contributed by atoms with van der Waals surface area (Å²) in [5.41, 5.74) is 2.25. The van der Waals surface area contributed by atoms with Gasteiger partial charge in [-0.15, -0.1) is 11.3 Å². The number of rotatable bonds is 8. The monoisotopic (exact) mass is 487 g/mol. The van der Waals surface area contributed by atoms with Crippen LogP contribution < -0.4 is 15.0 Å². The standard InChI is InChI=1S/C24H29N3O4S2/c1-26(12-11-15-9-10-17(30-3)18(13-15)31-4)20(28)14-32-24-25-22-21(23(29)27(24)2)16-7-5-6-8-19(16)33-22/h9-10,13H,5-8,11-12,14H2,1-4H3. The fraction of sp³-hybridized carbons (Fsp3) is 0.458. The molecule has 1 aliphatic rings. The van der Waals surface area contributed by atoms with Crippen LogP contribution in [0.1, 0.15) is 28.8 Å². The van der Waals surface area contributed by atoms with Gasteiger partial charge in [0.2, 0.25) is 5.91 Å². The molecular formula is C24H29N3O4S2. The van der Waals surface area contributed by atoms with Gasteiger partial charge in [0, 0.05) is 25.5 Å². The summed E-state index contributed by atoms with van der Waals surface area (Å²) in [6.45, 7) is 0.581. The van der Waals surface area contributed by atoms with Crippen LogP contribution in [-0.2, 0) is 31.1 Å². The molecule has 0 unspecified atom stereocenters. The smallest absolute Gasteiger partial charge is 0.262 e. The fourth-order valence-corrected chi connectivity index (χ4v) is 6.31. The minimum Gasteiger partial charge on any atom is -0.493 e. The van der Waals surface area contributed by atoms with Crippen LogP contribution in [0.15, 0.2) is 28.2 Å². The van der Waals surface area contributed by atoms with E-state index in [2.05, 4.69) is 0 Å². The number of hydrogen-bond acceptors (Lipinski definition) is 7. The minimum absolute atomic E-state index is 0.000275. The van der Waals surface area contributed by atoms with Crippen molar-refractivity contribution in [2.75, 3.05) is 33.6 Å². The molecule has 7 nitrogen and oxygen atoms in total. The molecule has 0 saturated carbocycles. The van der Waals surface area contributed by atoms with E-state index in [9.17, 15) is 9.59 Å². The molecule has 2 heterocycles. The number of thioether (sulfide) groups is 1. The second-order valence-corrected chi connectivity index (χ2v) is 10.2. The first-order valence-electron chi connectivity index (χ1n) is 11.0. The summed E-state index contributed by atoms with van der Waals surface area (Å²) in [5.74, 6) is 1.60. The summed E-state index contributed by atoms with van der Waals surface area (Å²) >= 11 is 2.96. The Hall–Kier alpha value is -2.52. The largest absolute Gasteiger partial charge is 0.493 e. The Morgan fingerprint density at radius 3 is 2.73 bits per heavy atom. The molecule has 4 rings (SSSR count). The van der Waals surface area contributed by atoms with Gasteiger partial charge in [0.25, 0.3) is 5.56 Å². The maximum Gasteiger partial charge on any atom is 0.262 e. The number of fused-ring (bicyclic) bond motifs is 3. The number of benzene rings is 1. The van der Waals surface area contributed by atoms with Crippen LogP contribution in [0, 0.1) is 0 Å². The van der Waals surface area contributed by atoms with E-state index in [1.54, 1.807) is 49.1 Å². The van der Waals surface area contributed by atoms with E-state index >= 15 is 0 Å². The van der Waals surface area contributed by atoms with Crippen molar-refractivity contribution in [3.05, 3.63) is 44.6 Å². The van der Waals surface area contributed by atoms with Crippen molar-refractivity contribution in [1.82, 2.24) is 14.5 Å². The van der Waals surface area contributed by atoms with Crippen molar-refractivity contribution in [2.24, 2.45) is 7.05 Å². The molecule has 0 N–H and O–H groups in total. The van der Waals surface area contributed by atoms with E-state index in [1.165, 1.54) is 28.6 Å². The van der Waals surface area contributed by atoms with Crippen LogP contribution in [0.4, 0.5) is 0 Å². The topological polar surface area (TPSA) is 73.7 Å². The number of aromatic nitrogens is 2. The Morgan fingerprint density at radius 2 is 1.97 bits per heavy atom. The number of thiophene rings is 1. The first kappa shape index (κ1) is 23.6. The lowest BCUT2D eigenvalue weighted by Gasteiger charge is -2.18. The number of carbonyl (C=O) groups is 1. The highest BCUT2D eigenvalue weighted by atomic mass is 32.2. The maximum absolute atomic E-state index is 13.0. The molecule has 9 heteroatoms. The molecule has 0 atom stereocenters. The SMILES string of the molecule is COc1ccc(CCN(C)C(=O)CSc2nc3sc4c(c3c(=O)n2C)CCCC4)cc1OC. The zero-order chi connectivity index (χ0) is 23.5. The third-order valence-electron chi connectivity index (χ3n) is 6.09. The normalized spacial score (nSPS) is 13.1. The molecule has 176 valence electrons. The van der Waals surface area contributed by atoms with Crippen molar-refractivity contribution >= 4 is 39.2 Å². The average Bonchev–Trinajstić information content (AvgIpc) is 3.21. The molecule has 3 aromatic rings. The molecule has 0 bridgehead atoms. The highest BCUT2D eigenvalue weighted by molar-refractivity contribution is 7.99. The number of hydrogen-bond donors (Lipinski definition) is 0. The van der Waals surface area contributed by atoms with Gasteiger partial charge in [0.15, 0.2) is 16.7 Å². The molecule has 1 aromatic carbocycles. The Balaban J connectivity index is 1.40.